The molecule has 4 aliphatic heterocycles. The average molecular weight is 587 g/mol. The van der Waals surface area contributed by atoms with Crippen molar-refractivity contribution in [3.63, 3.8) is 0 Å². The number of unbranched alkanes of at least 4 members (excludes halogenated alkanes) is 15. The van der Waals surface area contributed by atoms with Crippen molar-refractivity contribution in [1.82, 2.24) is 0 Å². The van der Waals surface area contributed by atoms with Crippen molar-refractivity contribution in [2.45, 2.75) is 174 Å². The van der Waals surface area contributed by atoms with Gasteiger partial charge in [-0.3, -0.25) is 0 Å². The SMILES string of the molecule is CC1CO1.CCCCCCC1CO1.CCCCCCCCCCOCC1CO1.CCCCCCCCOCC1CO1. The fourth-order valence-corrected chi connectivity index (χ4v) is 4.21. The first kappa shape index (κ1) is 38.8. The number of hydrogen-bond acceptors (Lipinski definition) is 6. The van der Waals surface area contributed by atoms with Crippen LogP contribution in [0.4, 0.5) is 0 Å². The third-order valence-corrected chi connectivity index (χ3v) is 7.48. The van der Waals surface area contributed by atoms with E-state index in [1.54, 1.807) is 0 Å². The van der Waals surface area contributed by atoms with E-state index in [1.807, 2.05) is 0 Å². The first-order valence-corrected chi connectivity index (χ1v) is 17.8. The Kier molecular flexibility index (Phi) is 28.2. The van der Waals surface area contributed by atoms with Crippen molar-refractivity contribution in [3.05, 3.63) is 0 Å². The van der Waals surface area contributed by atoms with Crippen LogP contribution < -0.4 is 0 Å². The Balaban J connectivity index is 0.000000293. The van der Waals surface area contributed by atoms with Crippen molar-refractivity contribution in [2.24, 2.45) is 0 Å². The second-order valence-electron chi connectivity index (χ2n) is 12.3. The quantitative estimate of drug-likeness (QED) is 0.0785. The largest absolute Gasteiger partial charge is 0.379 e. The molecule has 246 valence electrons. The molecule has 0 aliphatic carbocycles. The van der Waals surface area contributed by atoms with E-state index in [4.69, 9.17) is 28.4 Å². The molecule has 0 amide bonds. The second kappa shape index (κ2) is 29.8. The minimum atomic E-state index is 0.430. The third kappa shape index (κ3) is 35.9. The molecule has 0 aromatic heterocycles. The van der Waals surface area contributed by atoms with Crippen molar-refractivity contribution in [3.8, 4) is 0 Å². The van der Waals surface area contributed by atoms with E-state index >= 15 is 0 Å². The van der Waals surface area contributed by atoms with Gasteiger partial charge in [-0.25, -0.2) is 0 Å². The molecule has 0 radical (unpaired) electrons. The molecule has 4 aliphatic rings. The maximum atomic E-state index is 5.48. The molecule has 6 heteroatoms. The van der Waals surface area contributed by atoms with Crippen LogP contribution in [-0.4, -0.2) is 77.3 Å². The molecule has 4 atom stereocenters. The van der Waals surface area contributed by atoms with Crippen molar-refractivity contribution in [2.75, 3.05) is 52.9 Å². The van der Waals surface area contributed by atoms with E-state index < -0.39 is 0 Å². The van der Waals surface area contributed by atoms with E-state index in [0.717, 1.165) is 52.9 Å². The first-order valence-electron chi connectivity index (χ1n) is 17.8. The van der Waals surface area contributed by atoms with Gasteiger partial charge in [-0.1, -0.05) is 124 Å². The van der Waals surface area contributed by atoms with Crippen LogP contribution in [0.2, 0.25) is 0 Å². The Hall–Kier alpha value is -0.240. The summed E-state index contributed by atoms with van der Waals surface area (Å²) >= 11 is 0. The summed E-state index contributed by atoms with van der Waals surface area (Å²) in [5, 5.41) is 0. The van der Waals surface area contributed by atoms with Gasteiger partial charge in [0.15, 0.2) is 0 Å². The molecule has 41 heavy (non-hydrogen) atoms. The Labute approximate surface area is 255 Å². The van der Waals surface area contributed by atoms with E-state index in [0.29, 0.717) is 24.4 Å². The van der Waals surface area contributed by atoms with Gasteiger partial charge in [0.05, 0.1) is 51.8 Å². The topological polar surface area (TPSA) is 68.6 Å². The van der Waals surface area contributed by atoms with E-state index in [-0.39, 0.29) is 0 Å². The third-order valence-electron chi connectivity index (χ3n) is 7.48. The van der Waals surface area contributed by atoms with Crippen molar-refractivity contribution >= 4 is 0 Å². The highest BCUT2D eigenvalue weighted by Crippen LogP contribution is 2.17. The average Bonchev–Trinajstić information content (AvgIpc) is 3.77. The monoisotopic (exact) mass is 587 g/mol. The molecule has 0 saturated carbocycles. The predicted molar refractivity (Wildman–Crippen MR) is 171 cm³/mol. The summed E-state index contributed by atoms with van der Waals surface area (Å²) in [6.07, 6.45) is 27.9. The second-order valence-corrected chi connectivity index (χ2v) is 12.3. The predicted octanol–water partition coefficient (Wildman–Crippen LogP) is 9.07. The fourth-order valence-electron chi connectivity index (χ4n) is 4.21. The number of rotatable bonds is 25. The maximum absolute atomic E-state index is 5.48. The van der Waals surface area contributed by atoms with Gasteiger partial charge in [0.2, 0.25) is 0 Å². The Morgan fingerprint density at radius 1 is 0.439 bits per heavy atom. The lowest BCUT2D eigenvalue weighted by atomic mass is 10.1. The summed E-state index contributed by atoms with van der Waals surface area (Å²) in [5.41, 5.74) is 0. The summed E-state index contributed by atoms with van der Waals surface area (Å²) in [7, 11) is 0. The minimum absolute atomic E-state index is 0.430. The Bertz CT molecular complexity index is 503. The molecular weight excluding hydrogens is 516 g/mol. The molecule has 6 nitrogen and oxygen atoms in total. The van der Waals surface area contributed by atoms with Gasteiger partial charge in [0, 0.05) is 13.2 Å². The molecule has 0 spiro atoms. The summed E-state index contributed by atoms with van der Waals surface area (Å²) in [6.45, 7) is 16.1. The van der Waals surface area contributed by atoms with E-state index in [2.05, 4.69) is 27.7 Å². The molecule has 0 N–H and O–H groups in total. The van der Waals surface area contributed by atoms with E-state index in [9.17, 15) is 0 Å². The van der Waals surface area contributed by atoms with Gasteiger partial charge >= 0.3 is 0 Å². The lowest BCUT2D eigenvalue weighted by molar-refractivity contribution is 0.113. The highest BCUT2D eigenvalue weighted by Gasteiger charge is 2.22. The van der Waals surface area contributed by atoms with E-state index in [1.165, 1.54) is 122 Å². The van der Waals surface area contributed by atoms with Gasteiger partial charge in [-0.05, 0) is 26.2 Å². The van der Waals surface area contributed by atoms with Crippen LogP contribution in [0, 0.1) is 0 Å². The molecule has 0 aromatic rings. The highest BCUT2D eigenvalue weighted by molar-refractivity contribution is 4.68. The van der Waals surface area contributed by atoms with Crippen molar-refractivity contribution in [1.29, 1.82) is 0 Å². The standard InChI is InChI=1S/C13H26O2.C11H22O2.C8H16O.C3H6O/c1-2-3-4-5-6-7-8-9-10-14-11-13-12-15-13;1-2-3-4-5-6-7-8-12-9-11-10-13-11;1-2-3-4-5-6-8-7-9-8;1-3-2-4-3/h13H,2-12H2,1H3;11H,2-10H2,1H3;8H,2-7H2,1H3;3H,2H2,1H3. The van der Waals surface area contributed by atoms with Crippen LogP contribution in [0.25, 0.3) is 0 Å². The zero-order chi connectivity index (χ0) is 29.6. The summed E-state index contributed by atoms with van der Waals surface area (Å²) < 4.78 is 30.8. The van der Waals surface area contributed by atoms with Gasteiger partial charge in [0.25, 0.3) is 0 Å². The summed E-state index contributed by atoms with van der Waals surface area (Å²) in [6, 6.07) is 0. The zero-order valence-electron chi connectivity index (χ0n) is 27.9. The van der Waals surface area contributed by atoms with Gasteiger partial charge in [-0.2, -0.15) is 0 Å². The normalized spacial score (nSPS) is 22.8. The molecular formula is C35H70O6. The Morgan fingerprint density at radius 2 is 0.756 bits per heavy atom. The molecule has 0 aromatic carbocycles. The molecule has 4 fully saturated rings. The summed E-state index contributed by atoms with van der Waals surface area (Å²) in [4.78, 5) is 0. The fraction of sp³-hybridized carbons (Fsp3) is 1.00. The lowest BCUT2D eigenvalue weighted by Crippen LogP contribution is -2.02. The maximum Gasteiger partial charge on any atom is 0.104 e. The van der Waals surface area contributed by atoms with Gasteiger partial charge < -0.3 is 28.4 Å². The van der Waals surface area contributed by atoms with Crippen LogP contribution in [0.5, 0.6) is 0 Å². The first-order chi connectivity index (χ1) is 20.2. The molecule has 4 rings (SSSR count). The number of epoxide rings is 4. The van der Waals surface area contributed by atoms with Crippen LogP contribution in [-0.2, 0) is 28.4 Å². The molecule has 4 heterocycles. The smallest absolute Gasteiger partial charge is 0.104 e. The highest BCUT2D eigenvalue weighted by atomic mass is 16.6. The molecule has 0 bridgehead atoms. The Morgan fingerprint density at radius 3 is 1.07 bits per heavy atom. The van der Waals surface area contributed by atoms with Crippen molar-refractivity contribution < 1.29 is 28.4 Å². The molecule has 4 unspecified atom stereocenters. The number of ether oxygens (including phenoxy) is 6. The van der Waals surface area contributed by atoms with Crippen LogP contribution in [0.3, 0.4) is 0 Å². The number of hydrogen-bond donors (Lipinski definition) is 0. The minimum Gasteiger partial charge on any atom is -0.379 e. The van der Waals surface area contributed by atoms with Gasteiger partial charge in [0.1, 0.15) is 12.2 Å². The van der Waals surface area contributed by atoms with Gasteiger partial charge in [-0.15, -0.1) is 0 Å². The van der Waals surface area contributed by atoms with Crippen LogP contribution in [0.15, 0.2) is 0 Å². The zero-order valence-corrected chi connectivity index (χ0v) is 27.9. The van der Waals surface area contributed by atoms with Crippen LogP contribution in [0.1, 0.15) is 150 Å². The van der Waals surface area contributed by atoms with Crippen LogP contribution >= 0.6 is 0 Å². The molecule has 4 saturated heterocycles. The lowest BCUT2D eigenvalue weighted by Gasteiger charge is -2.02. The summed E-state index contributed by atoms with van der Waals surface area (Å²) in [5.74, 6) is 0.